The first-order chi connectivity index (χ1) is 28.4. The molecule has 8 nitrogen and oxygen atoms in total. The second-order valence-corrected chi connectivity index (χ2v) is 18.1. The Morgan fingerprint density at radius 2 is 0.914 bits per heavy atom. The predicted molar refractivity (Wildman–Crippen MR) is 249 cm³/mol. The van der Waals surface area contributed by atoms with Gasteiger partial charge in [-0.15, -0.1) is 0 Å². The quantitative estimate of drug-likeness (QED) is 0.0273. The average molecular weight is 839 g/mol. The van der Waals surface area contributed by atoms with Crippen molar-refractivity contribution in [1.29, 1.82) is 0 Å². The zero-order valence-corrected chi connectivity index (χ0v) is 38.9. The van der Waals surface area contributed by atoms with Gasteiger partial charge in [0.15, 0.2) is 0 Å². The Hall–Kier alpha value is -1.28. The van der Waals surface area contributed by atoms with Crippen LogP contribution < -0.4 is 11.1 Å². The summed E-state index contributed by atoms with van der Waals surface area (Å²) in [5, 5.41) is 13.7. The standard InChI is InChI=1S/C49H95N2O6P/c1-3-5-7-9-11-13-15-17-19-21-22-23-24-25-26-27-29-31-33-35-37-39-41-43-49(53)51-47(46-57-58(54,55)56-45-44-50)48(52)42-40-38-36-34-32-30-28-20-18-16-14-12-10-8-6-4-2/h18,20,32,34,40,42,47-48,52H,3-17,19,21-31,33,35-39,41,43-46,50H2,1-2H3,(H,51,53)(H,54,55)/b20-18+,34-32+,42-40+. The van der Waals surface area contributed by atoms with Crippen LogP contribution in [0, 0.1) is 0 Å². The zero-order chi connectivity index (χ0) is 42.5. The van der Waals surface area contributed by atoms with Crippen molar-refractivity contribution in [2.75, 3.05) is 19.8 Å². The molecule has 1 amide bonds. The van der Waals surface area contributed by atoms with E-state index in [-0.39, 0.29) is 25.7 Å². The molecule has 0 aliphatic rings. The van der Waals surface area contributed by atoms with E-state index < -0.39 is 20.0 Å². The van der Waals surface area contributed by atoms with Crippen molar-refractivity contribution in [2.24, 2.45) is 5.73 Å². The third kappa shape index (κ3) is 42.8. The maximum absolute atomic E-state index is 12.8. The maximum Gasteiger partial charge on any atom is 0.472 e. The van der Waals surface area contributed by atoms with Gasteiger partial charge >= 0.3 is 7.82 Å². The van der Waals surface area contributed by atoms with Crippen LogP contribution in [0.4, 0.5) is 0 Å². The Morgan fingerprint density at radius 3 is 1.33 bits per heavy atom. The molecular weight excluding hydrogens is 744 g/mol. The normalized spacial score (nSPS) is 14.2. The number of hydrogen-bond acceptors (Lipinski definition) is 6. The molecule has 342 valence electrons. The highest BCUT2D eigenvalue weighted by Crippen LogP contribution is 2.43. The largest absolute Gasteiger partial charge is 0.472 e. The monoisotopic (exact) mass is 839 g/mol. The number of aliphatic hydroxyl groups is 1. The lowest BCUT2D eigenvalue weighted by molar-refractivity contribution is -0.123. The van der Waals surface area contributed by atoms with Crippen LogP contribution in [0.1, 0.15) is 239 Å². The summed E-state index contributed by atoms with van der Waals surface area (Å²) < 4.78 is 22.2. The van der Waals surface area contributed by atoms with Crippen LogP contribution in [-0.4, -0.2) is 47.8 Å². The molecule has 0 aromatic heterocycles. The van der Waals surface area contributed by atoms with Crippen molar-refractivity contribution < 1.29 is 28.4 Å². The van der Waals surface area contributed by atoms with Gasteiger partial charge in [0.2, 0.25) is 5.91 Å². The van der Waals surface area contributed by atoms with Crippen molar-refractivity contribution in [3.8, 4) is 0 Å². The molecule has 0 spiro atoms. The molecule has 0 aromatic carbocycles. The van der Waals surface area contributed by atoms with E-state index in [1.807, 2.05) is 6.08 Å². The minimum absolute atomic E-state index is 0.0728. The Morgan fingerprint density at radius 1 is 0.552 bits per heavy atom. The molecule has 0 aliphatic heterocycles. The number of hydrogen-bond donors (Lipinski definition) is 4. The van der Waals surface area contributed by atoms with Crippen molar-refractivity contribution in [3.05, 3.63) is 36.5 Å². The zero-order valence-electron chi connectivity index (χ0n) is 38.0. The van der Waals surface area contributed by atoms with Crippen LogP contribution in [0.2, 0.25) is 0 Å². The van der Waals surface area contributed by atoms with E-state index in [1.165, 1.54) is 173 Å². The summed E-state index contributed by atoms with van der Waals surface area (Å²) in [5.41, 5.74) is 5.38. The molecule has 58 heavy (non-hydrogen) atoms. The minimum atomic E-state index is -4.35. The maximum atomic E-state index is 12.8. The molecule has 3 atom stereocenters. The van der Waals surface area contributed by atoms with Crippen LogP contribution in [0.15, 0.2) is 36.5 Å². The fourth-order valence-electron chi connectivity index (χ4n) is 7.22. The lowest BCUT2D eigenvalue weighted by Gasteiger charge is -2.23. The van der Waals surface area contributed by atoms with Gasteiger partial charge in [-0.2, -0.15) is 0 Å². The van der Waals surface area contributed by atoms with E-state index in [2.05, 4.69) is 43.5 Å². The highest BCUT2D eigenvalue weighted by molar-refractivity contribution is 7.47. The number of carbonyl (C=O) groups excluding carboxylic acids is 1. The van der Waals surface area contributed by atoms with Crippen LogP contribution in [0.5, 0.6) is 0 Å². The second-order valence-electron chi connectivity index (χ2n) is 16.7. The predicted octanol–water partition coefficient (Wildman–Crippen LogP) is 14.3. The third-order valence-corrected chi connectivity index (χ3v) is 11.9. The van der Waals surface area contributed by atoms with Crippen molar-refractivity contribution in [3.63, 3.8) is 0 Å². The van der Waals surface area contributed by atoms with Gasteiger partial charge in [-0.1, -0.05) is 224 Å². The van der Waals surface area contributed by atoms with Crippen LogP contribution in [0.3, 0.4) is 0 Å². The second kappa shape index (κ2) is 45.3. The van der Waals surface area contributed by atoms with Crippen molar-refractivity contribution >= 4 is 13.7 Å². The molecular formula is C49H95N2O6P. The van der Waals surface area contributed by atoms with Gasteiger partial charge in [0, 0.05) is 13.0 Å². The highest BCUT2D eigenvalue weighted by atomic mass is 31.2. The topological polar surface area (TPSA) is 131 Å². The fraction of sp³-hybridized carbons (Fsp3) is 0.857. The van der Waals surface area contributed by atoms with Crippen LogP contribution in [0.25, 0.3) is 0 Å². The Bertz CT molecular complexity index is 1010. The van der Waals surface area contributed by atoms with Crippen LogP contribution in [-0.2, 0) is 18.4 Å². The summed E-state index contributed by atoms with van der Waals surface area (Å²) in [6.07, 6.45) is 55.0. The van der Waals surface area contributed by atoms with E-state index >= 15 is 0 Å². The van der Waals surface area contributed by atoms with E-state index in [0.29, 0.717) is 6.42 Å². The Labute approximate surface area is 359 Å². The smallest absolute Gasteiger partial charge is 0.387 e. The lowest BCUT2D eigenvalue weighted by atomic mass is 10.0. The van der Waals surface area contributed by atoms with Crippen LogP contribution >= 0.6 is 7.82 Å². The number of aliphatic hydroxyl groups excluding tert-OH is 1. The molecule has 0 radical (unpaired) electrons. The molecule has 0 saturated carbocycles. The van der Waals surface area contributed by atoms with E-state index in [0.717, 1.165) is 44.9 Å². The third-order valence-electron chi connectivity index (χ3n) is 10.9. The summed E-state index contributed by atoms with van der Waals surface area (Å²) in [6.45, 7) is 4.12. The summed E-state index contributed by atoms with van der Waals surface area (Å²) in [6, 6.07) is -0.881. The number of nitrogens with two attached hydrogens (primary N) is 1. The number of nitrogens with one attached hydrogen (secondary N) is 1. The molecule has 0 saturated heterocycles. The first-order valence-electron chi connectivity index (χ1n) is 24.6. The summed E-state index contributed by atoms with van der Waals surface area (Å²) >= 11 is 0. The van der Waals surface area contributed by atoms with Gasteiger partial charge in [-0.05, 0) is 44.9 Å². The van der Waals surface area contributed by atoms with Gasteiger partial charge in [-0.3, -0.25) is 13.8 Å². The fourth-order valence-corrected chi connectivity index (χ4v) is 7.98. The molecule has 9 heteroatoms. The Kier molecular flexibility index (Phi) is 44.3. The molecule has 0 aliphatic carbocycles. The number of carbonyl (C=O) groups is 1. The summed E-state index contributed by atoms with van der Waals surface area (Å²) in [7, 11) is -4.35. The van der Waals surface area contributed by atoms with Crippen molar-refractivity contribution in [2.45, 2.75) is 251 Å². The molecule has 0 rings (SSSR count). The summed E-state index contributed by atoms with van der Waals surface area (Å²) in [4.78, 5) is 22.8. The number of phosphoric ester groups is 1. The number of phosphoric acid groups is 1. The summed E-state index contributed by atoms with van der Waals surface area (Å²) in [5.74, 6) is -0.204. The van der Waals surface area contributed by atoms with Gasteiger partial charge < -0.3 is 21.1 Å². The Balaban J connectivity index is 4.11. The number of unbranched alkanes of at least 4 members (excludes halogenated alkanes) is 30. The van der Waals surface area contributed by atoms with E-state index in [4.69, 9.17) is 14.8 Å². The first kappa shape index (κ1) is 56.7. The highest BCUT2D eigenvalue weighted by Gasteiger charge is 2.26. The molecule has 0 heterocycles. The molecule has 3 unspecified atom stereocenters. The molecule has 0 bridgehead atoms. The number of allylic oxidation sites excluding steroid dienone is 5. The first-order valence-corrected chi connectivity index (χ1v) is 26.1. The van der Waals surface area contributed by atoms with E-state index in [1.54, 1.807) is 6.08 Å². The van der Waals surface area contributed by atoms with Gasteiger partial charge in [0.05, 0.1) is 25.4 Å². The lowest BCUT2D eigenvalue weighted by Crippen LogP contribution is -2.45. The van der Waals surface area contributed by atoms with Gasteiger partial charge in [0.1, 0.15) is 0 Å². The molecule has 5 N–H and O–H groups in total. The number of amides is 1. The van der Waals surface area contributed by atoms with Crippen molar-refractivity contribution in [1.82, 2.24) is 5.32 Å². The number of rotatable bonds is 46. The minimum Gasteiger partial charge on any atom is -0.387 e. The SMILES string of the molecule is CCCCCCCC/C=C/CC/C=C/CC/C=C/C(O)C(COP(=O)(O)OCCN)NC(=O)CCCCCCCCCCCCCCCCCCCCCCCCC. The molecule has 0 fully saturated rings. The average Bonchev–Trinajstić information content (AvgIpc) is 3.21. The van der Waals surface area contributed by atoms with E-state index in [9.17, 15) is 19.4 Å². The van der Waals surface area contributed by atoms with Gasteiger partial charge in [-0.25, -0.2) is 4.57 Å². The molecule has 0 aromatic rings. The van der Waals surface area contributed by atoms with Gasteiger partial charge in [0.25, 0.3) is 0 Å².